The fraction of sp³-hybridized carbons (Fsp3) is 0.571. The van der Waals surface area contributed by atoms with E-state index in [9.17, 15) is 15.2 Å². The number of unbranched alkanes of at least 4 members (excludes halogenated alkanes) is 1. The molecule has 118 valence electrons. The van der Waals surface area contributed by atoms with Gasteiger partial charge in [0, 0.05) is 19.2 Å². The zero-order valence-electron chi connectivity index (χ0n) is 12.2. The van der Waals surface area contributed by atoms with E-state index < -0.39 is 11.0 Å². The summed E-state index contributed by atoms with van der Waals surface area (Å²) in [5.74, 6) is 0.116. The van der Waals surface area contributed by atoms with Crippen molar-refractivity contribution in [2.45, 2.75) is 32.4 Å². The second-order valence-corrected chi connectivity index (χ2v) is 4.66. The molecule has 0 aromatic heterocycles. The highest BCUT2D eigenvalue weighted by atomic mass is 16.6. The van der Waals surface area contributed by atoms with Gasteiger partial charge in [-0.3, -0.25) is 10.1 Å². The molecule has 0 aliphatic heterocycles. The largest absolute Gasteiger partial charge is 0.484 e. The molecule has 0 aliphatic rings. The van der Waals surface area contributed by atoms with Crippen LogP contribution in [0, 0.1) is 10.1 Å². The van der Waals surface area contributed by atoms with Gasteiger partial charge >= 0.3 is 5.69 Å². The molecule has 7 heteroatoms. The maximum atomic E-state index is 11.0. The van der Waals surface area contributed by atoms with Crippen LogP contribution in [0.5, 0.6) is 5.75 Å². The summed E-state index contributed by atoms with van der Waals surface area (Å²) in [6.07, 6.45) is 1.13. The van der Waals surface area contributed by atoms with Crippen molar-refractivity contribution in [3.05, 3.63) is 33.9 Å². The Kier molecular flexibility index (Phi) is 7.66. The lowest BCUT2D eigenvalue weighted by molar-refractivity contribution is -0.386. The zero-order valence-corrected chi connectivity index (χ0v) is 12.2. The lowest BCUT2D eigenvalue weighted by Crippen LogP contribution is -2.24. The standard InChI is InChI=1S/C14H22N2O5/c1-2-3-6-20-9-12(17)10-21-14-5-4-11(8-15)7-13(14)16(18)19/h4-5,7,12,17H,2-3,6,8-10,15H2,1H3. The van der Waals surface area contributed by atoms with Crippen molar-refractivity contribution in [3.63, 3.8) is 0 Å². The Balaban J connectivity index is 2.52. The molecule has 1 atom stereocenters. The number of aliphatic hydroxyl groups is 1. The summed E-state index contributed by atoms with van der Waals surface area (Å²) in [7, 11) is 0. The molecule has 1 aromatic rings. The van der Waals surface area contributed by atoms with Crippen LogP contribution in [0.1, 0.15) is 25.3 Å². The molecule has 0 amide bonds. The van der Waals surface area contributed by atoms with Gasteiger partial charge in [0.2, 0.25) is 0 Å². The molecule has 0 saturated carbocycles. The average molecular weight is 298 g/mol. The van der Waals surface area contributed by atoms with Gasteiger partial charge in [-0.15, -0.1) is 0 Å². The lowest BCUT2D eigenvalue weighted by atomic mass is 10.2. The molecule has 1 unspecified atom stereocenters. The minimum Gasteiger partial charge on any atom is -0.484 e. The second kappa shape index (κ2) is 9.28. The van der Waals surface area contributed by atoms with Gasteiger partial charge in [-0.2, -0.15) is 0 Å². The van der Waals surface area contributed by atoms with Gasteiger partial charge < -0.3 is 20.3 Å². The van der Waals surface area contributed by atoms with Crippen molar-refractivity contribution in [3.8, 4) is 5.75 Å². The summed E-state index contributed by atoms with van der Waals surface area (Å²) in [5, 5.41) is 20.7. The maximum Gasteiger partial charge on any atom is 0.311 e. The average Bonchev–Trinajstić information content (AvgIpc) is 2.49. The Bertz CT molecular complexity index is 453. The molecule has 0 heterocycles. The molecule has 1 aromatic carbocycles. The fourth-order valence-corrected chi connectivity index (χ4v) is 1.65. The third-order valence-electron chi connectivity index (χ3n) is 2.84. The molecule has 0 fully saturated rings. The summed E-state index contributed by atoms with van der Waals surface area (Å²) in [4.78, 5) is 10.4. The molecule has 0 radical (unpaired) electrons. The SMILES string of the molecule is CCCCOCC(O)COc1ccc(CN)cc1[N+](=O)[O-]. The number of hydrogen-bond acceptors (Lipinski definition) is 6. The number of aliphatic hydroxyl groups excluding tert-OH is 1. The van der Waals surface area contributed by atoms with Crippen molar-refractivity contribution in [2.24, 2.45) is 5.73 Å². The van der Waals surface area contributed by atoms with Crippen LogP contribution >= 0.6 is 0 Å². The highest BCUT2D eigenvalue weighted by Crippen LogP contribution is 2.27. The van der Waals surface area contributed by atoms with Crippen molar-refractivity contribution >= 4 is 5.69 Å². The molecule has 1 rings (SSSR count). The highest BCUT2D eigenvalue weighted by molar-refractivity contribution is 5.48. The van der Waals surface area contributed by atoms with Gasteiger partial charge in [-0.1, -0.05) is 19.4 Å². The fourth-order valence-electron chi connectivity index (χ4n) is 1.65. The monoisotopic (exact) mass is 298 g/mol. The predicted molar refractivity (Wildman–Crippen MR) is 78.2 cm³/mol. The van der Waals surface area contributed by atoms with Crippen LogP contribution in [-0.2, 0) is 11.3 Å². The van der Waals surface area contributed by atoms with Crippen molar-refractivity contribution in [1.29, 1.82) is 0 Å². The summed E-state index contributed by atoms with van der Waals surface area (Å²) >= 11 is 0. The van der Waals surface area contributed by atoms with Gasteiger partial charge in [0.25, 0.3) is 0 Å². The molecule has 0 aliphatic carbocycles. The van der Waals surface area contributed by atoms with E-state index in [-0.39, 0.29) is 31.2 Å². The first kappa shape index (κ1) is 17.4. The first-order chi connectivity index (χ1) is 10.1. The quantitative estimate of drug-likeness (QED) is 0.386. The van der Waals surface area contributed by atoms with Crippen LogP contribution < -0.4 is 10.5 Å². The number of nitrogens with zero attached hydrogens (tertiary/aromatic N) is 1. The number of nitro benzene ring substituents is 1. The van der Waals surface area contributed by atoms with Gasteiger partial charge in [0.15, 0.2) is 5.75 Å². The van der Waals surface area contributed by atoms with Gasteiger partial charge in [0.1, 0.15) is 12.7 Å². The van der Waals surface area contributed by atoms with E-state index in [0.717, 1.165) is 12.8 Å². The third-order valence-corrected chi connectivity index (χ3v) is 2.84. The van der Waals surface area contributed by atoms with Crippen molar-refractivity contribution in [2.75, 3.05) is 19.8 Å². The number of benzene rings is 1. The Labute approximate surface area is 123 Å². The molecule has 0 bridgehead atoms. The molecular formula is C14H22N2O5. The van der Waals surface area contributed by atoms with Gasteiger partial charge in [0.05, 0.1) is 11.5 Å². The Hall–Kier alpha value is -1.70. The van der Waals surface area contributed by atoms with E-state index in [1.807, 2.05) is 6.92 Å². The lowest BCUT2D eigenvalue weighted by Gasteiger charge is -2.13. The normalized spacial score (nSPS) is 12.1. The van der Waals surface area contributed by atoms with Crippen LogP contribution in [0.4, 0.5) is 5.69 Å². The molecule has 7 nitrogen and oxygen atoms in total. The minimum atomic E-state index is -0.823. The summed E-state index contributed by atoms with van der Waals surface area (Å²) in [5.41, 5.74) is 5.95. The molecule has 0 spiro atoms. The Morgan fingerprint density at radius 1 is 1.43 bits per heavy atom. The smallest absolute Gasteiger partial charge is 0.311 e. The van der Waals surface area contributed by atoms with Crippen molar-refractivity contribution < 1.29 is 19.5 Å². The Morgan fingerprint density at radius 3 is 2.81 bits per heavy atom. The van der Waals surface area contributed by atoms with Gasteiger partial charge in [-0.25, -0.2) is 0 Å². The predicted octanol–water partition coefficient (Wildman–Crippen LogP) is 1.61. The zero-order chi connectivity index (χ0) is 15.7. The number of ether oxygens (including phenoxy) is 2. The minimum absolute atomic E-state index is 0.0606. The number of rotatable bonds is 10. The van der Waals surface area contributed by atoms with E-state index >= 15 is 0 Å². The van der Waals surface area contributed by atoms with E-state index in [2.05, 4.69) is 0 Å². The van der Waals surface area contributed by atoms with E-state index in [4.69, 9.17) is 15.2 Å². The van der Waals surface area contributed by atoms with Crippen LogP contribution in [-0.4, -0.2) is 36.0 Å². The maximum absolute atomic E-state index is 11.0. The van der Waals surface area contributed by atoms with Crippen LogP contribution in [0.2, 0.25) is 0 Å². The summed E-state index contributed by atoms with van der Waals surface area (Å²) in [6, 6.07) is 4.52. The second-order valence-electron chi connectivity index (χ2n) is 4.66. The number of hydrogen-bond donors (Lipinski definition) is 2. The summed E-state index contributed by atoms with van der Waals surface area (Å²) in [6.45, 7) is 2.94. The van der Waals surface area contributed by atoms with E-state index in [1.165, 1.54) is 12.1 Å². The van der Waals surface area contributed by atoms with Crippen molar-refractivity contribution in [1.82, 2.24) is 0 Å². The molecule has 3 N–H and O–H groups in total. The number of nitro groups is 1. The van der Waals surface area contributed by atoms with E-state index in [1.54, 1.807) is 6.07 Å². The van der Waals surface area contributed by atoms with Crippen LogP contribution in [0.15, 0.2) is 18.2 Å². The highest BCUT2D eigenvalue weighted by Gasteiger charge is 2.17. The van der Waals surface area contributed by atoms with Gasteiger partial charge in [-0.05, 0) is 18.1 Å². The molecule has 21 heavy (non-hydrogen) atoms. The molecular weight excluding hydrogens is 276 g/mol. The van der Waals surface area contributed by atoms with Crippen LogP contribution in [0.25, 0.3) is 0 Å². The summed E-state index contributed by atoms with van der Waals surface area (Å²) < 4.78 is 10.6. The Morgan fingerprint density at radius 2 is 2.19 bits per heavy atom. The third kappa shape index (κ3) is 6.07. The molecule has 0 saturated heterocycles. The first-order valence-electron chi connectivity index (χ1n) is 6.94. The topological polar surface area (TPSA) is 108 Å². The van der Waals surface area contributed by atoms with E-state index in [0.29, 0.717) is 12.2 Å². The first-order valence-corrected chi connectivity index (χ1v) is 6.94. The number of nitrogens with two attached hydrogens (primary N) is 1. The van der Waals surface area contributed by atoms with Crippen LogP contribution in [0.3, 0.4) is 0 Å².